The first-order chi connectivity index (χ1) is 9.57. The highest BCUT2D eigenvalue weighted by atomic mass is 32.1. The third kappa shape index (κ3) is 2.25. The fourth-order valence-electron chi connectivity index (χ4n) is 1.88. The fraction of sp³-hybridized carbons (Fsp3) is 0.250. The van der Waals surface area contributed by atoms with E-state index in [1.165, 1.54) is 40.9 Å². The molecule has 0 aliphatic carbocycles. The summed E-state index contributed by atoms with van der Waals surface area (Å²) in [5.41, 5.74) is 0.974. The zero-order chi connectivity index (χ0) is 14.2. The second-order valence-electron chi connectivity index (χ2n) is 4.43. The SMILES string of the molecule is CC1(c2cc(Cn3cc([N+](=O)[O-])cn3)cs2)OC=CO1. The maximum absolute atomic E-state index is 10.6. The summed E-state index contributed by atoms with van der Waals surface area (Å²) in [5, 5.41) is 16.5. The van der Waals surface area contributed by atoms with Crippen LogP contribution in [-0.2, 0) is 21.8 Å². The second kappa shape index (κ2) is 4.64. The molecule has 2 aromatic heterocycles. The summed E-state index contributed by atoms with van der Waals surface area (Å²) >= 11 is 1.51. The van der Waals surface area contributed by atoms with Crippen LogP contribution < -0.4 is 0 Å². The van der Waals surface area contributed by atoms with Gasteiger partial charge >= 0.3 is 5.69 Å². The first-order valence-corrected chi connectivity index (χ1v) is 6.70. The molecule has 0 atom stereocenters. The van der Waals surface area contributed by atoms with Crippen LogP contribution in [0.2, 0.25) is 0 Å². The monoisotopic (exact) mass is 293 g/mol. The van der Waals surface area contributed by atoms with Crippen molar-refractivity contribution in [2.24, 2.45) is 0 Å². The minimum Gasteiger partial charge on any atom is -0.452 e. The van der Waals surface area contributed by atoms with Crippen LogP contribution in [0.5, 0.6) is 0 Å². The zero-order valence-electron chi connectivity index (χ0n) is 10.6. The second-order valence-corrected chi connectivity index (χ2v) is 5.34. The first kappa shape index (κ1) is 12.7. The highest BCUT2D eigenvalue weighted by Gasteiger charge is 2.33. The minimum absolute atomic E-state index is 0.0147. The predicted octanol–water partition coefficient (Wildman–Crippen LogP) is 2.59. The number of ether oxygens (including phenoxy) is 2. The zero-order valence-corrected chi connectivity index (χ0v) is 11.4. The van der Waals surface area contributed by atoms with Crippen molar-refractivity contribution in [3.8, 4) is 0 Å². The molecule has 0 N–H and O–H groups in total. The molecule has 0 amide bonds. The highest BCUT2D eigenvalue weighted by molar-refractivity contribution is 7.10. The molecule has 7 nitrogen and oxygen atoms in total. The van der Waals surface area contributed by atoms with E-state index in [1.54, 1.807) is 0 Å². The van der Waals surface area contributed by atoms with Gasteiger partial charge in [-0.05, 0) is 17.0 Å². The largest absolute Gasteiger partial charge is 0.452 e. The molecule has 2 aromatic rings. The van der Waals surface area contributed by atoms with Crippen LogP contribution in [0.3, 0.4) is 0 Å². The maximum Gasteiger partial charge on any atom is 0.307 e. The Labute approximate surface area is 118 Å². The Hall–Kier alpha value is -2.35. The Morgan fingerprint density at radius 1 is 1.50 bits per heavy atom. The Morgan fingerprint density at radius 3 is 2.90 bits per heavy atom. The Morgan fingerprint density at radius 2 is 2.25 bits per heavy atom. The topological polar surface area (TPSA) is 79.4 Å². The van der Waals surface area contributed by atoms with Gasteiger partial charge in [0.15, 0.2) is 0 Å². The van der Waals surface area contributed by atoms with Crippen molar-refractivity contribution in [3.63, 3.8) is 0 Å². The molecule has 3 heterocycles. The van der Waals surface area contributed by atoms with Gasteiger partial charge < -0.3 is 9.47 Å². The molecular formula is C12H11N3O4S. The van der Waals surface area contributed by atoms with Gasteiger partial charge in [0.2, 0.25) is 0 Å². The molecule has 0 fully saturated rings. The lowest BCUT2D eigenvalue weighted by molar-refractivity contribution is -0.385. The standard InChI is InChI=1S/C12H11N3O4S/c1-12(18-2-3-19-12)11-4-9(8-20-11)6-14-7-10(5-13-14)15(16)17/h2-5,7-8H,6H2,1H3. The van der Waals surface area contributed by atoms with E-state index in [9.17, 15) is 10.1 Å². The van der Waals surface area contributed by atoms with Gasteiger partial charge in [-0.3, -0.25) is 14.8 Å². The summed E-state index contributed by atoms with van der Waals surface area (Å²) in [6.45, 7) is 2.30. The summed E-state index contributed by atoms with van der Waals surface area (Å²) in [6.07, 6.45) is 5.66. The molecular weight excluding hydrogens is 282 g/mol. The molecule has 0 aromatic carbocycles. The summed E-state index contributed by atoms with van der Waals surface area (Å²) in [4.78, 5) is 11.1. The lowest BCUT2D eigenvalue weighted by atomic mass is 10.2. The maximum atomic E-state index is 10.6. The number of nitrogens with zero attached hydrogens (tertiary/aromatic N) is 3. The molecule has 1 aliphatic heterocycles. The van der Waals surface area contributed by atoms with Crippen LogP contribution in [-0.4, -0.2) is 14.7 Å². The van der Waals surface area contributed by atoms with Crippen molar-refractivity contribution in [2.45, 2.75) is 19.3 Å². The van der Waals surface area contributed by atoms with Gasteiger partial charge in [0, 0.05) is 6.92 Å². The van der Waals surface area contributed by atoms with Crippen LogP contribution in [0.25, 0.3) is 0 Å². The van der Waals surface area contributed by atoms with Crippen LogP contribution in [0, 0.1) is 10.1 Å². The summed E-state index contributed by atoms with van der Waals surface area (Å²) in [7, 11) is 0. The van der Waals surface area contributed by atoms with Crippen LogP contribution in [0.4, 0.5) is 5.69 Å². The third-order valence-electron chi connectivity index (χ3n) is 2.92. The van der Waals surface area contributed by atoms with E-state index >= 15 is 0 Å². The molecule has 1 aliphatic rings. The molecule has 0 saturated carbocycles. The average molecular weight is 293 g/mol. The number of nitro groups is 1. The van der Waals surface area contributed by atoms with E-state index in [1.807, 2.05) is 18.4 Å². The quantitative estimate of drug-likeness (QED) is 0.639. The van der Waals surface area contributed by atoms with Gasteiger partial charge in [0.25, 0.3) is 5.79 Å². The molecule has 8 heteroatoms. The van der Waals surface area contributed by atoms with Crippen LogP contribution in [0.1, 0.15) is 17.4 Å². The predicted molar refractivity (Wildman–Crippen MR) is 71.0 cm³/mol. The van der Waals surface area contributed by atoms with Crippen LogP contribution >= 0.6 is 11.3 Å². The minimum atomic E-state index is -0.779. The smallest absolute Gasteiger partial charge is 0.307 e. The van der Waals surface area contributed by atoms with E-state index in [2.05, 4.69) is 5.10 Å². The lowest BCUT2D eigenvalue weighted by Crippen LogP contribution is -2.20. The Balaban J connectivity index is 1.75. The third-order valence-corrected chi connectivity index (χ3v) is 4.08. The number of rotatable bonds is 4. The van der Waals surface area contributed by atoms with Crippen molar-refractivity contribution < 1.29 is 14.4 Å². The highest BCUT2D eigenvalue weighted by Crippen LogP contribution is 2.35. The lowest BCUT2D eigenvalue weighted by Gasteiger charge is -2.20. The van der Waals surface area contributed by atoms with Crippen molar-refractivity contribution in [3.05, 3.63) is 56.9 Å². The van der Waals surface area contributed by atoms with E-state index in [0.717, 1.165) is 10.4 Å². The van der Waals surface area contributed by atoms with Crippen molar-refractivity contribution in [2.75, 3.05) is 0 Å². The molecule has 0 bridgehead atoms. The average Bonchev–Trinajstić information content (AvgIpc) is 3.10. The fourth-order valence-corrected chi connectivity index (χ4v) is 2.83. The molecule has 0 saturated heterocycles. The normalized spacial score (nSPS) is 15.8. The first-order valence-electron chi connectivity index (χ1n) is 5.82. The number of aromatic nitrogens is 2. The Kier molecular flexibility index (Phi) is 2.94. The van der Waals surface area contributed by atoms with Crippen LogP contribution in [0.15, 0.2) is 36.4 Å². The summed E-state index contributed by atoms with van der Waals surface area (Å²) in [6, 6.07) is 1.95. The van der Waals surface area contributed by atoms with Gasteiger partial charge in [-0.25, -0.2) is 0 Å². The number of thiophene rings is 1. The molecule has 0 unspecified atom stereocenters. The number of hydrogen-bond donors (Lipinski definition) is 0. The Bertz CT molecular complexity index is 668. The van der Waals surface area contributed by atoms with Gasteiger partial charge in [0.1, 0.15) is 24.9 Å². The molecule has 0 spiro atoms. The molecule has 104 valence electrons. The van der Waals surface area contributed by atoms with Gasteiger partial charge in [-0.15, -0.1) is 11.3 Å². The van der Waals surface area contributed by atoms with E-state index in [4.69, 9.17) is 9.47 Å². The van der Waals surface area contributed by atoms with Crippen molar-refractivity contribution in [1.29, 1.82) is 0 Å². The molecule has 3 rings (SSSR count). The van der Waals surface area contributed by atoms with E-state index in [-0.39, 0.29) is 5.69 Å². The molecule has 0 radical (unpaired) electrons. The number of hydrogen-bond acceptors (Lipinski definition) is 6. The van der Waals surface area contributed by atoms with Crippen molar-refractivity contribution in [1.82, 2.24) is 9.78 Å². The van der Waals surface area contributed by atoms with E-state index in [0.29, 0.717) is 6.54 Å². The summed E-state index contributed by atoms with van der Waals surface area (Å²) < 4.78 is 12.4. The molecule has 20 heavy (non-hydrogen) atoms. The van der Waals surface area contributed by atoms with Gasteiger partial charge in [-0.1, -0.05) is 0 Å². The van der Waals surface area contributed by atoms with Gasteiger partial charge in [0.05, 0.1) is 16.3 Å². The summed E-state index contributed by atoms with van der Waals surface area (Å²) in [5.74, 6) is -0.779. The van der Waals surface area contributed by atoms with Gasteiger partial charge in [-0.2, -0.15) is 5.10 Å². The van der Waals surface area contributed by atoms with Crippen molar-refractivity contribution >= 4 is 17.0 Å². The van der Waals surface area contributed by atoms with E-state index < -0.39 is 10.7 Å².